The van der Waals surface area contributed by atoms with Crippen LogP contribution in [0.2, 0.25) is 0 Å². The third kappa shape index (κ3) is 3.90. The van der Waals surface area contributed by atoms with Crippen LogP contribution in [0.4, 0.5) is 0 Å². The Morgan fingerprint density at radius 1 is 1.69 bits per heavy atom. The van der Waals surface area contributed by atoms with Crippen LogP contribution in [0.3, 0.4) is 0 Å². The first-order valence-corrected chi connectivity index (χ1v) is 6.45. The summed E-state index contributed by atoms with van der Waals surface area (Å²) in [7, 11) is 0. The lowest BCUT2D eigenvalue weighted by atomic mass is 10.1. The number of nitrogens with two attached hydrogens (primary N) is 1. The van der Waals surface area contributed by atoms with Gasteiger partial charge in [0.05, 0.1) is 11.0 Å². The monoisotopic (exact) mass is 241 g/mol. The molecule has 1 amide bonds. The molecule has 1 aromatic rings. The van der Waals surface area contributed by atoms with Crippen molar-refractivity contribution < 1.29 is 4.79 Å². The van der Waals surface area contributed by atoms with Crippen molar-refractivity contribution in [1.82, 2.24) is 10.3 Å². The molecule has 0 aromatic carbocycles. The van der Waals surface area contributed by atoms with E-state index >= 15 is 0 Å². The normalized spacial score (nSPS) is 14.4. The lowest BCUT2D eigenvalue weighted by Crippen LogP contribution is -2.41. The molecule has 0 aliphatic heterocycles. The van der Waals surface area contributed by atoms with Gasteiger partial charge in [-0.3, -0.25) is 4.79 Å². The molecule has 0 bridgehead atoms. The van der Waals surface area contributed by atoms with E-state index in [2.05, 4.69) is 10.3 Å². The number of thiazole rings is 1. The maximum Gasteiger partial charge on any atom is 0.236 e. The highest BCUT2D eigenvalue weighted by molar-refractivity contribution is 7.09. The summed E-state index contributed by atoms with van der Waals surface area (Å²) in [6, 6.07) is -0.381. The molecule has 16 heavy (non-hydrogen) atoms. The van der Waals surface area contributed by atoms with Crippen molar-refractivity contribution in [2.45, 2.75) is 38.6 Å². The molecule has 2 atom stereocenters. The Bertz CT molecular complexity index is 313. The van der Waals surface area contributed by atoms with Gasteiger partial charge in [-0.15, -0.1) is 11.3 Å². The fraction of sp³-hybridized carbons (Fsp3) is 0.636. The molecule has 0 aliphatic rings. The zero-order chi connectivity index (χ0) is 12.0. The minimum Gasteiger partial charge on any atom is -0.354 e. The molecule has 3 N–H and O–H groups in total. The van der Waals surface area contributed by atoms with Crippen LogP contribution in [0.25, 0.3) is 0 Å². The van der Waals surface area contributed by atoms with Crippen LogP contribution in [0.15, 0.2) is 11.6 Å². The van der Waals surface area contributed by atoms with Gasteiger partial charge < -0.3 is 11.1 Å². The summed E-state index contributed by atoms with van der Waals surface area (Å²) >= 11 is 1.61. The van der Waals surface area contributed by atoms with Crippen molar-refractivity contribution >= 4 is 17.2 Å². The fourth-order valence-electron chi connectivity index (χ4n) is 1.39. The van der Waals surface area contributed by atoms with Crippen molar-refractivity contribution in [3.63, 3.8) is 0 Å². The largest absolute Gasteiger partial charge is 0.354 e. The average molecular weight is 241 g/mol. The number of rotatable bonds is 6. The highest BCUT2D eigenvalue weighted by Gasteiger charge is 2.14. The van der Waals surface area contributed by atoms with Crippen molar-refractivity contribution in [2.24, 2.45) is 5.73 Å². The summed E-state index contributed by atoms with van der Waals surface area (Å²) in [6.07, 6.45) is 3.44. The molecular weight excluding hydrogens is 222 g/mol. The second-order valence-corrected chi connectivity index (χ2v) is 4.84. The molecular formula is C11H19N3OS. The predicted molar refractivity (Wildman–Crippen MR) is 66.4 cm³/mol. The van der Waals surface area contributed by atoms with E-state index < -0.39 is 0 Å². The Morgan fingerprint density at radius 3 is 3.00 bits per heavy atom. The molecule has 0 spiro atoms. The molecule has 1 aromatic heterocycles. The molecule has 1 heterocycles. The van der Waals surface area contributed by atoms with E-state index in [9.17, 15) is 4.79 Å². The Labute approximate surface area is 100 Å². The first kappa shape index (κ1) is 13.1. The minimum atomic E-state index is -0.381. The molecule has 0 fully saturated rings. The van der Waals surface area contributed by atoms with Crippen LogP contribution in [0.1, 0.15) is 37.6 Å². The predicted octanol–water partition coefficient (Wildman–Crippen LogP) is 1.49. The van der Waals surface area contributed by atoms with Crippen LogP contribution in [-0.4, -0.2) is 23.5 Å². The first-order valence-electron chi connectivity index (χ1n) is 5.57. The van der Waals surface area contributed by atoms with Gasteiger partial charge in [-0.05, 0) is 6.42 Å². The molecule has 1 rings (SSSR count). The van der Waals surface area contributed by atoms with Crippen molar-refractivity contribution in [1.29, 1.82) is 0 Å². The van der Waals surface area contributed by atoms with Gasteiger partial charge in [-0.2, -0.15) is 0 Å². The summed E-state index contributed by atoms with van der Waals surface area (Å²) in [5.41, 5.74) is 5.71. The van der Waals surface area contributed by atoms with Gasteiger partial charge in [0.25, 0.3) is 0 Å². The Hall–Kier alpha value is -0.940. The highest BCUT2D eigenvalue weighted by atomic mass is 32.1. The van der Waals surface area contributed by atoms with Gasteiger partial charge in [-0.25, -0.2) is 4.98 Å². The van der Waals surface area contributed by atoms with Crippen molar-refractivity contribution in [2.75, 3.05) is 6.54 Å². The molecule has 0 saturated carbocycles. The zero-order valence-electron chi connectivity index (χ0n) is 9.77. The first-order chi connectivity index (χ1) is 7.65. The molecule has 4 nitrogen and oxygen atoms in total. The summed E-state index contributed by atoms with van der Waals surface area (Å²) < 4.78 is 0. The Morgan fingerprint density at radius 2 is 2.44 bits per heavy atom. The van der Waals surface area contributed by atoms with Crippen molar-refractivity contribution in [3.05, 3.63) is 16.6 Å². The van der Waals surface area contributed by atoms with E-state index in [0.29, 0.717) is 6.54 Å². The van der Waals surface area contributed by atoms with E-state index in [1.165, 1.54) is 0 Å². The van der Waals surface area contributed by atoms with Gasteiger partial charge in [0, 0.05) is 24.0 Å². The number of carbonyl (C=O) groups excluding carboxylic acids is 1. The third-order valence-corrected chi connectivity index (χ3v) is 3.40. The van der Waals surface area contributed by atoms with Gasteiger partial charge in [-0.1, -0.05) is 20.3 Å². The number of hydrogen-bond donors (Lipinski definition) is 2. The number of amides is 1. The fourth-order valence-corrected chi connectivity index (χ4v) is 2.09. The van der Waals surface area contributed by atoms with Crippen LogP contribution >= 0.6 is 11.3 Å². The summed E-state index contributed by atoms with van der Waals surface area (Å²) in [5.74, 6) is 0.183. The SMILES string of the molecule is CCCC(N)C(=O)NCC(C)c1nccs1. The lowest BCUT2D eigenvalue weighted by molar-refractivity contribution is -0.122. The summed E-state index contributed by atoms with van der Waals surface area (Å²) in [5, 5.41) is 5.84. The van der Waals surface area contributed by atoms with E-state index in [0.717, 1.165) is 17.8 Å². The van der Waals surface area contributed by atoms with Crippen LogP contribution in [-0.2, 0) is 4.79 Å². The molecule has 90 valence electrons. The smallest absolute Gasteiger partial charge is 0.236 e. The van der Waals surface area contributed by atoms with E-state index in [1.807, 2.05) is 19.2 Å². The quantitative estimate of drug-likeness (QED) is 0.793. The van der Waals surface area contributed by atoms with Gasteiger partial charge in [0.2, 0.25) is 5.91 Å². The third-order valence-electron chi connectivity index (χ3n) is 2.39. The van der Waals surface area contributed by atoms with Crippen molar-refractivity contribution in [3.8, 4) is 0 Å². The lowest BCUT2D eigenvalue weighted by Gasteiger charge is -2.13. The van der Waals surface area contributed by atoms with Crippen LogP contribution < -0.4 is 11.1 Å². The van der Waals surface area contributed by atoms with E-state index in [4.69, 9.17) is 5.73 Å². The number of nitrogens with zero attached hydrogens (tertiary/aromatic N) is 1. The van der Waals surface area contributed by atoms with E-state index in [-0.39, 0.29) is 17.9 Å². The number of hydrogen-bond acceptors (Lipinski definition) is 4. The maximum atomic E-state index is 11.6. The number of carbonyl (C=O) groups is 1. The Balaban J connectivity index is 2.31. The molecule has 0 radical (unpaired) electrons. The molecule has 0 saturated heterocycles. The zero-order valence-corrected chi connectivity index (χ0v) is 10.6. The number of nitrogens with one attached hydrogen (secondary N) is 1. The summed E-state index contributed by atoms with van der Waals surface area (Å²) in [4.78, 5) is 15.8. The van der Waals surface area contributed by atoms with Crippen LogP contribution in [0, 0.1) is 0 Å². The van der Waals surface area contributed by atoms with E-state index in [1.54, 1.807) is 17.5 Å². The van der Waals surface area contributed by atoms with Gasteiger partial charge in [0.15, 0.2) is 0 Å². The second-order valence-electron chi connectivity index (χ2n) is 3.91. The van der Waals surface area contributed by atoms with Gasteiger partial charge in [0.1, 0.15) is 0 Å². The molecule has 5 heteroatoms. The summed E-state index contributed by atoms with van der Waals surface area (Å²) in [6.45, 7) is 4.67. The highest BCUT2D eigenvalue weighted by Crippen LogP contribution is 2.16. The Kier molecular flexibility index (Phi) is 5.42. The minimum absolute atomic E-state index is 0.0646. The second kappa shape index (κ2) is 6.60. The number of aromatic nitrogens is 1. The average Bonchev–Trinajstić information content (AvgIpc) is 2.79. The maximum absolute atomic E-state index is 11.6. The molecule has 2 unspecified atom stereocenters. The van der Waals surface area contributed by atoms with Crippen LogP contribution in [0.5, 0.6) is 0 Å². The molecule has 0 aliphatic carbocycles. The topological polar surface area (TPSA) is 68.0 Å². The standard InChI is InChI=1S/C11H19N3OS/c1-3-4-9(12)10(15)14-7-8(2)11-13-5-6-16-11/h5-6,8-9H,3-4,7,12H2,1-2H3,(H,14,15). The van der Waals surface area contributed by atoms with Gasteiger partial charge >= 0.3 is 0 Å².